The molecule has 1 saturated heterocycles. The summed E-state index contributed by atoms with van der Waals surface area (Å²) in [5.74, 6) is 0.746. The Morgan fingerprint density at radius 1 is 1.41 bits per heavy atom. The van der Waals surface area contributed by atoms with Gasteiger partial charge >= 0.3 is 0 Å². The summed E-state index contributed by atoms with van der Waals surface area (Å²) in [7, 11) is 0. The quantitative estimate of drug-likeness (QED) is 0.723. The molecule has 4 N–H and O–H groups in total. The van der Waals surface area contributed by atoms with E-state index in [-0.39, 0.29) is 11.5 Å². The maximum Gasteiger partial charge on any atom is 0.123 e. The molecule has 1 aliphatic rings. The predicted octanol–water partition coefficient (Wildman–Crippen LogP) is 1.27. The second-order valence-corrected chi connectivity index (χ2v) is 4.98. The van der Waals surface area contributed by atoms with Crippen molar-refractivity contribution in [3.05, 3.63) is 23.8 Å². The average molecular weight is 236 g/mol. The molecule has 0 aliphatic carbocycles. The van der Waals surface area contributed by atoms with E-state index < -0.39 is 0 Å². The van der Waals surface area contributed by atoms with Crippen LogP contribution in [-0.4, -0.2) is 34.2 Å². The first-order valence-corrected chi connectivity index (χ1v) is 6.05. The summed E-state index contributed by atoms with van der Waals surface area (Å²) >= 11 is 0. The van der Waals surface area contributed by atoms with Crippen molar-refractivity contribution in [2.45, 2.75) is 25.9 Å². The van der Waals surface area contributed by atoms with Gasteiger partial charge in [0.15, 0.2) is 0 Å². The minimum Gasteiger partial charge on any atom is -0.508 e. The first-order valence-electron chi connectivity index (χ1n) is 6.05. The number of phenols is 2. The van der Waals surface area contributed by atoms with Gasteiger partial charge in [0.2, 0.25) is 0 Å². The third-order valence-electron chi connectivity index (χ3n) is 3.52. The van der Waals surface area contributed by atoms with Crippen molar-refractivity contribution in [1.29, 1.82) is 0 Å². The van der Waals surface area contributed by atoms with Crippen molar-refractivity contribution in [2.24, 2.45) is 11.7 Å². The Bertz CT molecular complexity index is 395. The molecule has 0 bridgehead atoms. The Morgan fingerprint density at radius 3 is 2.82 bits per heavy atom. The highest BCUT2D eigenvalue weighted by Gasteiger charge is 2.23. The van der Waals surface area contributed by atoms with Crippen LogP contribution in [-0.2, 0) is 6.54 Å². The largest absolute Gasteiger partial charge is 0.508 e. The van der Waals surface area contributed by atoms with Crippen molar-refractivity contribution in [1.82, 2.24) is 4.90 Å². The summed E-state index contributed by atoms with van der Waals surface area (Å²) in [5.41, 5.74) is 6.83. The molecule has 2 unspecified atom stereocenters. The molecule has 0 spiro atoms. The maximum absolute atomic E-state index is 9.73. The zero-order valence-electron chi connectivity index (χ0n) is 10.1. The molecule has 1 aromatic carbocycles. The summed E-state index contributed by atoms with van der Waals surface area (Å²) in [6.07, 6.45) is 1.00. The summed E-state index contributed by atoms with van der Waals surface area (Å²) in [6.45, 7) is 4.80. The standard InChI is InChI=1S/C13H20N2O2/c1-9-7-15(5-4-12(9)14)8-10-2-3-11(16)6-13(10)17/h2-3,6,9,12,16-17H,4-5,7-8,14H2,1H3. The second kappa shape index (κ2) is 4.94. The van der Waals surface area contributed by atoms with Crippen molar-refractivity contribution >= 4 is 0 Å². The molecule has 0 aromatic heterocycles. The van der Waals surface area contributed by atoms with E-state index in [1.165, 1.54) is 6.07 Å². The Kier molecular flexibility index (Phi) is 3.54. The molecule has 4 heteroatoms. The molecular formula is C13H20N2O2. The van der Waals surface area contributed by atoms with Gasteiger partial charge in [-0.25, -0.2) is 0 Å². The lowest BCUT2D eigenvalue weighted by atomic mass is 9.94. The van der Waals surface area contributed by atoms with Gasteiger partial charge in [-0.2, -0.15) is 0 Å². The molecule has 0 amide bonds. The van der Waals surface area contributed by atoms with Crippen LogP contribution in [0.1, 0.15) is 18.9 Å². The number of likely N-dealkylation sites (tertiary alicyclic amines) is 1. The first kappa shape index (κ1) is 12.2. The topological polar surface area (TPSA) is 69.7 Å². The third kappa shape index (κ3) is 2.90. The van der Waals surface area contributed by atoms with Gasteiger partial charge in [-0.05, 0) is 24.9 Å². The van der Waals surface area contributed by atoms with Crippen molar-refractivity contribution in [3.63, 3.8) is 0 Å². The highest BCUT2D eigenvalue weighted by Crippen LogP contribution is 2.25. The number of nitrogens with two attached hydrogens (primary N) is 1. The van der Waals surface area contributed by atoms with E-state index in [0.29, 0.717) is 18.5 Å². The van der Waals surface area contributed by atoms with Crippen molar-refractivity contribution < 1.29 is 10.2 Å². The molecule has 1 aliphatic heterocycles. The second-order valence-electron chi connectivity index (χ2n) is 4.98. The van der Waals surface area contributed by atoms with Gasteiger partial charge in [-0.1, -0.05) is 13.0 Å². The number of piperidine rings is 1. The van der Waals surface area contributed by atoms with Crippen LogP contribution < -0.4 is 5.73 Å². The van der Waals surface area contributed by atoms with Crippen molar-refractivity contribution in [3.8, 4) is 11.5 Å². The molecule has 1 heterocycles. The van der Waals surface area contributed by atoms with E-state index in [0.717, 1.165) is 25.1 Å². The van der Waals surface area contributed by atoms with Gasteiger partial charge < -0.3 is 15.9 Å². The van der Waals surface area contributed by atoms with Crippen LogP contribution in [0, 0.1) is 5.92 Å². The highest BCUT2D eigenvalue weighted by molar-refractivity contribution is 5.38. The van der Waals surface area contributed by atoms with E-state index in [9.17, 15) is 10.2 Å². The van der Waals surface area contributed by atoms with Crippen LogP contribution in [0.4, 0.5) is 0 Å². The monoisotopic (exact) mass is 236 g/mol. The third-order valence-corrected chi connectivity index (χ3v) is 3.52. The number of hydrogen-bond acceptors (Lipinski definition) is 4. The van der Waals surface area contributed by atoms with E-state index in [4.69, 9.17) is 5.73 Å². The lowest BCUT2D eigenvalue weighted by Crippen LogP contribution is -2.45. The normalized spacial score (nSPS) is 26.0. The maximum atomic E-state index is 9.73. The minimum atomic E-state index is 0.0975. The van der Waals surface area contributed by atoms with Crippen LogP contribution in [0.2, 0.25) is 0 Å². The molecule has 1 aromatic rings. The fourth-order valence-corrected chi connectivity index (χ4v) is 2.32. The molecule has 1 fully saturated rings. The number of phenolic OH excluding ortho intramolecular Hbond substituents is 2. The van der Waals surface area contributed by atoms with Crippen LogP contribution in [0.15, 0.2) is 18.2 Å². The van der Waals surface area contributed by atoms with E-state index in [2.05, 4.69) is 11.8 Å². The van der Waals surface area contributed by atoms with Gasteiger partial charge in [-0.15, -0.1) is 0 Å². The average Bonchev–Trinajstić information content (AvgIpc) is 2.27. The SMILES string of the molecule is CC1CN(Cc2ccc(O)cc2O)CCC1N. The molecular weight excluding hydrogens is 216 g/mol. The highest BCUT2D eigenvalue weighted by atomic mass is 16.3. The molecule has 17 heavy (non-hydrogen) atoms. The number of hydrogen-bond donors (Lipinski definition) is 3. The Morgan fingerprint density at radius 2 is 2.18 bits per heavy atom. The van der Waals surface area contributed by atoms with Crippen LogP contribution >= 0.6 is 0 Å². The van der Waals surface area contributed by atoms with E-state index in [1.807, 2.05) is 0 Å². The molecule has 4 nitrogen and oxygen atoms in total. The van der Waals surface area contributed by atoms with Gasteiger partial charge in [-0.3, -0.25) is 4.90 Å². The Hall–Kier alpha value is -1.26. The number of benzene rings is 1. The lowest BCUT2D eigenvalue weighted by molar-refractivity contribution is 0.156. The van der Waals surface area contributed by atoms with Gasteiger partial charge in [0.25, 0.3) is 0 Å². The fraction of sp³-hybridized carbons (Fsp3) is 0.538. The van der Waals surface area contributed by atoms with Crippen LogP contribution in [0.5, 0.6) is 11.5 Å². The van der Waals surface area contributed by atoms with Gasteiger partial charge in [0.1, 0.15) is 11.5 Å². The summed E-state index contributed by atoms with van der Waals surface area (Å²) in [5, 5.41) is 19.0. The number of rotatable bonds is 2. The van der Waals surface area contributed by atoms with Gasteiger partial charge in [0.05, 0.1) is 0 Å². The molecule has 2 atom stereocenters. The minimum absolute atomic E-state index is 0.0975. The van der Waals surface area contributed by atoms with Gasteiger partial charge in [0, 0.05) is 30.8 Å². The smallest absolute Gasteiger partial charge is 0.123 e. The van der Waals surface area contributed by atoms with Crippen molar-refractivity contribution in [2.75, 3.05) is 13.1 Å². The van der Waals surface area contributed by atoms with Crippen LogP contribution in [0.3, 0.4) is 0 Å². The summed E-state index contributed by atoms with van der Waals surface area (Å²) < 4.78 is 0. The van der Waals surface area contributed by atoms with E-state index >= 15 is 0 Å². The summed E-state index contributed by atoms with van der Waals surface area (Å²) in [6, 6.07) is 5.05. The molecule has 94 valence electrons. The molecule has 0 radical (unpaired) electrons. The Labute approximate surface area is 102 Å². The molecule has 2 rings (SSSR count). The number of nitrogens with zero attached hydrogens (tertiary/aromatic N) is 1. The fourth-order valence-electron chi connectivity index (χ4n) is 2.32. The summed E-state index contributed by atoms with van der Waals surface area (Å²) in [4.78, 5) is 2.29. The lowest BCUT2D eigenvalue weighted by Gasteiger charge is -2.35. The first-order chi connectivity index (χ1) is 8.06. The Balaban J connectivity index is 2.01. The number of aromatic hydroxyl groups is 2. The predicted molar refractivity (Wildman–Crippen MR) is 66.8 cm³/mol. The molecule has 0 saturated carbocycles. The van der Waals surface area contributed by atoms with Crippen LogP contribution in [0.25, 0.3) is 0 Å². The zero-order chi connectivity index (χ0) is 12.4. The zero-order valence-corrected chi connectivity index (χ0v) is 10.1. The van der Waals surface area contributed by atoms with E-state index in [1.54, 1.807) is 12.1 Å².